The largest absolute Gasteiger partial charge is 0.508 e. The van der Waals surface area contributed by atoms with E-state index in [-0.39, 0.29) is 52.3 Å². The summed E-state index contributed by atoms with van der Waals surface area (Å²) in [6.45, 7) is 0. The van der Waals surface area contributed by atoms with Gasteiger partial charge < -0.3 is 25.5 Å². The van der Waals surface area contributed by atoms with Crippen LogP contribution in [0.3, 0.4) is 0 Å². The van der Waals surface area contributed by atoms with Gasteiger partial charge in [0.15, 0.2) is 31.6 Å². The van der Waals surface area contributed by atoms with Crippen LogP contribution >= 0.6 is 48.0 Å². The van der Waals surface area contributed by atoms with Crippen LogP contribution in [0.25, 0.3) is 12.2 Å². The molecule has 7 N–H and O–H groups in total. The molecule has 0 aliphatic carbocycles. The fourth-order valence-electron chi connectivity index (χ4n) is 3.37. The number of nitrogens with two attached hydrogens (primary N) is 1. The van der Waals surface area contributed by atoms with Gasteiger partial charge in [-0.25, -0.2) is 10.9 Å². The minimum Gasteiger partial charge on any atom is -0.508 e. The van der Waals surface area contributed by atoms with Crippen molar-refractivity contribution in [3.8, 4) is 28.7 Å². The quantitative estimate of drug-likeness (QED) is 0.0754. The van der Waals surface area contributed by atoms with Gasteiger partial charge in [0.2, 0.25) is 0 Å². The Bertz CT molecular complexity index is 1620. The van der Waals surface area contributed by atoms with E-state index in [9.17, 15) is 30.0 Å². The topological polar surface area (TPSA) is 168 Å². The molecule has 0 saturated carbocycles. The molecule has 212 valence electrons. The van der Waals surface area contributed by atoms with Gasteiger partial charge in [0.1, 0.15) is 5.75 Å². The maximum Gasteiger partial charge on any atom is 0.280 e. The lowest BCUT2D eigenvalue weighted by atomic mass is 10.2. The second-order valence-corrected chi connectivity index (χ2v) is 11.4. The molecule has 2 fully saturated rings. The molecule has 3 aromatic carbocycles. The molecule has 0 atom stereocenters. The van der Waals surface area contributed by atoms with Crippen LogP contribution in [0.2, 0.25) is 0 Å². The van der Waals surface area contributed by atoms with Gasteiger partial charge in [0.25, 0.3) is 11.8 Å². The number of benzene rings is 3. The Morgan fingerprint density at radius 1 is 0.683 bits per heavy atom. The number of amides is 2. The van der Waals surface area contributed by atoms with Crippen molar-refractivity contribution < 1.29 is 35.1 Å². The third kappa shape index (κ3) is 7.17. The molecule has 2 amide bonds. The molecule has 2 saturated heterocycles. The molecule has 2 heterocycles. The Labute approximate surface area is 254 Å². The summed E-state index contributed by atoms with van der Waals surface area (Å²) >= 11 is 12.3. The van der Waals surface area contributed by atoms with Gasteiger partial charge in [-0.15, -0.1) is 0 Å². The minimum atomic E-state index is -0.382. The Hall–Kier alpha value is -4.08. The average Bonchev–Trinajstić information content (AvgIpc) is 3.32. The minimum absolute atomic E-state index is 0. The van der Waals surface area contributed by atoms with Crippen LogP contribution in [-0.4, -0.2) is 51.0 Å². The summed E-state index contributed by atoms with van der Waals surface area (Å²) in [5.74, 6) is 3.82. The first kappa shape index (κ1) is 31.4. The van der Waals surface area contributed by atoms with E-state index < -0.39 is 0 Å². The van der Waals surface area contributed by atoms with Crippen LogP contribution in [0.4, 0.5) is 5.69 Å². The molecule has 14 heteroatoms. The highest BCUT2D eigenvalue weighted by Gasteiger charge is 2.33. The fourth-order valence-corrected chi connectivity index (χ4v) is 5.77. The third-order valence-electron chi connectivity index (χ3n) is 5.30. The zero-order chi connectivity index (χ0) is 29.1. The Kier molecular flexibility index (Phi) is 10.0. The van der Waals surface area contributed by atoms with Gasteiger partial charge in [-0.3, -0.25) is 14.5 Å². The number of anilines is 1. The second kappa shape index (κ2) is 13.1. The number of thiocarbonyl (C=S) groups is 2. The first-order valence-electron chi connectivity index (χ1n) is 11.1. The summed E-state index contributed by atoms with van der Waals surface area (Å²) < 4.78 is 0.638. The number of hydrazine groups is 1. The molecule has 2 aliphatic rings. The normalized spacial score (nSPS) is 16.7. The smallest absolute Gasteiger partial charge is 0.280 e. The van der Waals surface area contributed by atoms with Crippen molar-refractivity contribution in [3.05, 3.63) is 81.6 Å². The number of carbonyl (C=O) groups is 2. The predicted octanol–water partition coefficient (Wildman–Crippen LogP) is 5.02. The molecule has 0 radical (unpaired) electrons. The molecule has 3 aromatic rings. The third-order valence-corrected chi connectivity index (χ3v) is 7.93. The average molecular weight is 630 g/mol. The highest BCUT2D eigenvalue weighted by Crippen LogP contribution is 2.38. The summed E-state index contributed by atoms with van der Waals surface area (Å²) in [7, 11) is 0. The molecule has 0 aromatic heterocycles. The van der Waals surface area contributed by atoms with Gasteiger partial charge >= 0.3 is 0 Å². The zero-order valence-electron chi connectivity index (χ0n) is 20.1. The van der Waals surface area contributed by atoms with Crippen molar-refractivity contribution in [1.29, 1.82) is 0 Å². The number of rotatable bonds is 3. The maximum absolute atomic E-state index is 12.5. The number of nitrogens with zero attached hydrogens (tertiary/aromatic N) is 2. The second-order valence-electron chi connectivity index (χ2n) is 8.08. The number of phenolic OH excluding ortho intramolecular Hbond substituents is 5. The van der Waals surface area contributed by atoms with Crippen molar-refractivity contribution in [2.24, 2.45) is 5.84 Å². The monoisotopic (exact) mass is 629 g/mol. The molecule has 10 nitrogen and oxygen atoms in total. The van der Waals surface area contributed by atoms with Crippen LogP contribution in [-0.2, 0) is 9.59 Å². The number of phenols is 5. The summed E-state index contributed by atoms with van der Waals surface area (Å²) in [5, 5.41) is 47.7. The molecular weight excluding hydrogens is 607 g/mol. The molecule has 0 bridgehead atoms. The van der Waals surface area contributed by atoms with E-state index >= 15 is 0 Å². The van der Waals surface area contributed by atoms with Crippen LogP contribution in [0.15, 0.2) is 70.5 Å². The van der Waals surface area contributed by atoms with Crippen LogP contribution < -0.4 is 10.7 Å². The Morgan fingerprint density at radius 3 is 1.66 bits per heavy atom. The Balaban J connectivity index is 0.000000230. The van der Waals surface area contributed by atoms with Crippen LogP contribution in [0, 0.1) is 0 Å². The van der Waals surface area contributed by atoms with Gasteiger partial charge in [0.05, 0.1) is 15.5 Å². The summed E-state index contributed by atoms with van der Waals surface area (Å²) in [6.07, 6.45) is 3.13. The van der Waals surface area contributed by atoms with Crippen LogP contribution in [0.1, 0.15) is 18.6 Å². The summed E-state index contributed by atoms with van der Waals surface area (Å²) in [5.41, 5.74) is 1.63. The lowest BCUT2D eigenvalue weighted by Gasteiger charge is -2.14. The summed E-state index contributed by atoms with van der Waals surface area (Å²) in [4.78, 5) is 26.2. The lowest BCUT2D eigenvalue weighted by molar-refractivity contribution is -0.122. The molecular formula is C27H23N3O7S4. The number of carbonyl (C=O) groups excluding carboxylic acids is 2. The highest BCUT2D eigenvalue weighted by atomic mass is 32.2. The van der Waals surface area contributed by atoms with Crippen molar-refractivity contribution in [2.75, 3.05) is 4.90 Å². The number of thioether (sulfide) groups is 2. The fraction of sp³-hybridized carbons (Fsp3) is 0.0370. The van der Waals surface area contributed by atoms with E-state index in [1.54, 1.807) is 36.4 Å². The van der Waals surface area contributed by atoms with E-state index in [2.05, 4.69) is 0 Å². The van der Waals surface area contributed by atoms with E-state index in [0.29, 0.717) is 30.9 Å². The predicted molar refractivity (Wildman–Crippen MR) is 169 cm³/mol. The maximum atomic E-state index is 12.5. The number of hydrogen-bond acceptors (Lipinski definition) is 12. The van der Waals surface area contributed by atoms with Gasteiger partial charge in [-0.05, 0) is 59.7 Å². The molecule has 2 aliphatic heterocycles. The van der Waals surface area contributed by atoms with Crippen molar-refractivity contribution in [2.45, 2.75) is 7.43 Å². The van der Waals surface area contributed by atoms with Gasteiger partial charge in [-0.1, -0.05) is 73.6 Å². The molecule has 41 heavy (non-hydrogen) atoms. The molecule has 0 spiro atoms. The first-order valence-corrected chi connectivity index (χ1v) is 13.5. The molecule has 0 unspecified atom stereocenters. The van der Waals surface area contributed by atoms with E-state index in [0.717, 1.165) is 28.5 Å². The number of aromatic hydroxyl groups is 5. The SMILES string of the molecule is C.NN1C(=O)/C(=C/c2ccc(O)c(O)c2)SC1=S.O=C1/C(=C/c2ccc(O)c(O)c2)SC(=S)N1c1cccc(O)c1. The lowest BCUT2D eigenvalue weighted by Crippen LogP contribution is -2.34. The van der Waals surface area contributed by atoms with Crippen LogP contribution in [0.5, 0.6) is 28.7 Å². The molecule has 5 rings (SSSR count). The first-order chi connectivity index (χ1) is 18.9. The van der Waals surface area contributed by atoms with Gasteiger partial charge in [0, 0.05) is 6.07 Å². The van der Waals surface area contributed by atoms with E-state index in [1.165, 1.54) is 41.3 Å². The van der Waals surface area contributed by atoms with Crippen molar-refractivity contribution >= 4 is 86.3 Å². The number of hydrogen-bond donors (Lipinski definition) is 6. The summed E-state index contributed by atoms with van der Waals surface area (Å²) in [6, 6.07) is 14.8. The standard InChI is InChI=1S/C16H11NO4S2.C10H8N2O3S2.CH4/c18-11-3-1-2-10(8-11)17-15(21)14(23-16(17)22)7-9-4-5-12(19)13(20)6-9;11-12-9(15)8(17-10(12)16)4-5-1-2-6(13)7(14)3-5;/h1-8,18-20H;1-4,13-14H,11H2;1H4/b14-7-;8-4-;. The highest BCUT2D eigenvalue weighted by molar-refractivity contribution is 8.27. The van der Waals surface area contributed by atoms with Crippen molar-refractivity contribution in [1.82, 2.24) is 5.01 Å². The Morgan fingerprint density at radius 2 is 1.20 bits per heavy atom. The van der Waals surface area contributed by atoms with E-state index in [1.807, 2.05) is 0 Å². The zero-order valence-corrected chi connectivity index (χ0v) is 23.4. The van der Waals surface area contributed by atoms with Gasteiger partial charge in [-0.2, -0.15) is 0 Å². The van der Waals surface area contributed by atoms with E-state index in [4.69, 9.17) is 35.4 Å². The van der Waals surface area contributed by atoms with Crippen molar-refractivity contribution in [3.63, 3.8) is 0 Å².